The normalized spacial score (nSPS) is 11.8. The number of hydrogen-bond donors (Lipinski definition) is 1. The lowest BCUT2D eigenvalue weighted by atomic mass is 10.2. The van der Waals surface area contributed by atoms with Gasteiger partial charge in [-0.2, -0.15) is 0 Å². The monoisotopic (exact) mass is 248 g/mol. The third-order valence-corrected chi connectivity index (χ3v) is 2.66. The highest BCUT2D eigenvalue weighted by Gasteiger charge is 2.11. The Labute approximate surface area is 106 Å². The van der Waals surface area contributed by atoms with Crippen LogP contribution in [0, 0.1) is 0 Å². The number of aromatic nitrogens is 3. The number of benzene rings is 1. The molecule has 6 nitrogen and oxygen atoms in total. The van der Waals surface area contributed by atoms with E-state index in [0.29, 0.717) is 5.69 Å². The first-order chi connectivity index (χ1) is 8.50. The number of nitrogens with two attached hydrogens (primary N) is 1. The van der Waals surface area contributed by atoms with Gasteiger partial charge in [-0.3, -0.25) is 9.32 Å². The topological polar surface area (TPSA) is 66.0 Å². The summed E-state index contributed by atoms with van der Waals surface area (Å²) < 4.78 is 2.48. The summed E-state index contributed by atoms with van der Waals surface area (Å²) in [5.41, 5.74) is 2.89. The minimum atomic E-state index is 0.261. The summed E-state index contributed by atoms with van der Waals surface area (Å²) in [6.07, 6.45) is 1.80. The first-order valence-corrected chi connectivity index (χ1v) is 5.66. The zero-order valence-corrected chi connectivity index (χ0v) is 10.9. The fourth-order valence-electron chi connectivity index (χ4n) is 1.63. The van der Waals surface area contributed by atoms with Crippen LogP contribution in [-0.2, 0) is 11.4 Å². The van der Waals surface area contributed by atoms with Gasteiger partial charge in [0, 0.05) is 12.1 Å². The predicted octanol–water partition coefficient (Wildman–Crippen LogP) is 0.854. The van der Waals surface area contributed by atoms with E-state index < -0.39 is 0 Å². The molecule has 0 aliphatic rings. The quantitative estimate of drug-likeness (QED) is 0.643. The molecule has 0 bridgehead atoms. The zero-order valence-electron chi connectivity index (χ0n) is 10.9. The molecule has 0 spiro atoms. The minimum Gasteiger partial charge on any atom is -0.298 e. The van der Waals surface area contributed by atoms with E-state index in [0.717, 1.165) is 10.2 Å². The molecule has 1 aromatic carbocycles. The van der Waals surface area contributed by atoms with Crippen LogP contribution in [0.2, 0.25) is 0 Å². The van der Waals surface area contributed by atoms with Crippen LogP contribution in [-0.4, -0.2) is 36.1 Å². The smallest absolute Gasteiger partial charge is 0.132 e. The maximum atomic E-state index is 5.00. The van der Waals surface area contributed by atoms with Crippen molar-refractivity contribution in [2.24, 2.45) is 5.90 Å². The van der Waals surface area contributed by atoms with E-state index in [1.54, 1.807) is 10.9 Å². The van der Waals surface area contributed by atoms with E-state index in [2.05, 4.69) is 48.4 Å². The van der Waals surface area contributed by atoms with E-state index in [-0.39, 0.29) is 6.61 Å². The average molecular weight is 248 g/mol. The average Bonchev–Trinajstić information content (AvgIpc) is 2.77. The molecule has 0 unspecified atom stereocenters. The molecule has 2 N–H and O–H groups in total. The van der Waals surface area contributed by atoms with Gasteiger partial charge in [0.1, 0.15) is 18.0 Å². The predicted molar refractivity (Wildman–Crippen MR) is 69.9 cm³/mol. The van der Waals surface area contributed by atoms with Gasteiger partial charge < -0.3 is 0 Å². The molecular formula is C12H18N5O+. The molecule has 0 fully saturated rings. The van der Waals surface area contributed by atoms with Crippen molar-refractivity contribution >= 4 is 5.69 Å². The summed E-state index contributed by atoms with van der Waals surface area (Å²) in [6, 6.07) is 8.19. The van der Waals surface area contributed by atoms with E-state index >= 15 is 0 Å². The second-order valence-corrected chi connectivity index (χ2v) is 4.99. The lowest BCUT2D eigenvalue weighted by Gasteiger charge is -2.23. The molecule has 96 valence electrons. The summed E-state index contributed by atoms with van der Waals surface area (Å²) in [6.45, 7) is 0.261. The molecule has 0 aliphatic heterocycles. The fraction of sp³-hybridized carbons (Fsp3) is 0.333. The lowest BCUT2D eigenvalue weighted by Crippen LogP contribution is -2.34. The number of rotatable bonds is 4. The van der Waals surface area contributed by atoms with Crippen LogP contribution in [0.5, 0.6) is 0 Å². The Morgan fingerprint density at radius 1 is 1.22 bits per heavy atom. The Hall–Kier alpha value is -1.76. The van der Waals surface area contributed by atoms with Crippen LogP contribution in [0.3, 0.4) is 0 Å². The van der Waals surface area contributed by atoms with Gasteiger partial charge in [0.15, 0.2) is 0 Å². The number of quaternary nitrogens is 1. The molecule has 2 rings (SSSR count). The number of nitrogens with zero attached hydrogens (tertiary/aromatic N) is 4. The van der Waals surface area contributed by atoms with Gasteiger partial charge >= 0.3 is 0 Å². The third kappa shape index (κ3) is 2.73. The van der Waals surface area contributed by atoms with Crippen LogP contribution in [0.1, 0.15) is 5.69 Å². The van der Waals surface area contributed by atoms with Crippen LogP contribution < -0.4 is 10.4 Å². The summed E-state index contributed by atoms with van der Waals surface area (Å²) >= 11 is 0. The van der Waals surface area contributed by atoms with Crippen molar-refractivity contribution in [2.75, 3.05) is 21.1 Å². The molecule has 0 saturated heterocycles. The Balaban J connectivity index is 2.23. The van der Waals surface area contributed by atoms with Crippen LogP contribution in [0.25, 0.3) is 5.69 Å². The van der Waals surface area contributed by atoms with Crippen molar-refractivity contribution in [3.05, 3.63) is 36.2 Å². The summed E-state index contributed by atoms with van der Waals surface area (Å²) in [7, 11) is 6.38. The van der Waals surface area contributed by atoms with Gasteiger partial charge in [-0.15, -0.1) is 5.10 Å². The first kappa shape index (κ1) is 12.7. The lowest BCUT2D eigenvalue weighted by molar-refractivity contribution is 0.121. The molecule has 6 heteroatoms. The van der Waals surface area contributed by atoms with E-state index in [1.807, 2.05) is 12.1 Å². The Bertz CT molecular complexity index is 512. The van der Waals surface area contributed by atoms with Gasteiger partial charge in [0.25, 0.3) is 0 Å². The molecule has 0 saturated carbocycles. The van der Waals surface area contributed by atoms with Crippen LogP contribution >= 0.6 is 0 Å². The first-order valence-electron chi connectivity index (χ1n) is 5.66. The maximum absolute atomic E-state index is 5.00. The summed E-state index contributed by atoms with van der Waals surface area (Å²) in [5.74, 6) is 5.00. The molecule has 0 radical (unpaired) electrons. The highest BCUT2D eigenvalue weighted by Crippen LogP contribution is 2.18. The molecule has 18 heavy (non-hydrogen) atoms. The minimum absolute atomic E-state index is 0.261. The molecule has 1 heterocycles. The van der Waals surface area contributed by atoms with Crippen molar-refractivity contribution in [1.82, 2.24) is 19.5 Å². The van der Waals surface area contributed by atoms with Crippen molar-refractivity contribution in [2.45, 2.75) is 6.61 Å². The van der Waals surface area contributed by atoms with Gasteiger partial charge in [-0.25, -0.2) is 10.6 Å². The maximum Gasteiger partial charge on any atom is 0.132 e. The second kappa shape index (κ2) is 4.85. The van der Waals surface area contributed by atoms with Gasteiger partial charge in [-0.1, -0.05) is 5.21 Å². The standard InChI is InChI=1S/C12H18N5O/c1-17(2,3)12-6-4-11(5-7-12)16-8-10(9-18-13)14-15-16/h4-8H,9,13H2,1-3H3/q+1. The molecule has 2 aromatic rings. The fourth-order valence-corrected chi connectivity index (χ4v) is 1.63. The van der Waals surface area contributed by atoms with E-state index in [4.69, 9.17) is 5.90 Å². The summed E-state index contributed by atoms with van der Waals surface area (Å²) in [5, 5.41) is 7.98. The van der Waals surface area contributed by atoms with Crippen molar-refractivity contribution in [3.8, 4) is 5.69 Å². The van der Waals surface area contributed by atoms with Crippen LogP contribution in [0.4, 0.5) is 5.69 Å². The van der Waals surface area contributed by atoms with E-state index in [9.17, 15) is 0 Å². The number of hydrogen-bond acceptors (Lipinski definition) is 4. The highest BCUT2D eigenvalue weighted by molar-refractivity contribution is 5.46. The third-order valence-electron chi connectivity index (χ3n) is 2.66. The van der Waals surface area contributed by atoms with Crippen molar-refractivity contribution in [1.29, 1.82) is 0 Å². The SMILES string of the molecule is C[N+](C)(C)c1ccc(-n2cc(CON)nn2)cc1. The van der Waals surface area contributed by atoms with Crippen LogP contribution in [0.15, 0.2) is 30.5 Å². The largest absolute Gasteiger partial charge is 0.298 e. The van der Waals surface area contributed by atoms with Gasteiger partial charge in [-0.05, 0) is 12.1 Å². The Morgan fingerprint density at radius 2 is 1.89 bits per heavy atom. The Morgan fingerprint density at radius 3 is 2.44 bits per heavy atom. The highest BCUT2D eigenvalue weighted by atomic mass is 16.6. The molecule has 1 aromatic heterocycles. The zero-order chi connectivity index (χ0) is 13.2. The van der Waals surface area contributed by atoms with Gasteiger partial charge in [0.05, 0.1) is 33.0 Å². The molecule has 0 atom stereocenters. The second-order valence-electron chi connectivity index (χ2n) is 4.99. The van der Waals surface area contributed by atoms with Crippen molar-refractivity contribution < 1.29 is 4.84 Å². The molecule has 0 aliphatic carbocycles. The van der Waals surface area contributed by atoms with Crippen molar-refractivity contribution in [3.63, 3.8) is 0 Å². The molecule has 0 amide bonds. The Kier molecular flexibility index (Phi) is 3.42. The van der Waals surface area contributed by atoms with Gasteiger partial charge in [0.2, 0.25) is 0 Å². The molecular weight excluding hydrogens is 230 g/mol. The summed E-state index contributed by atoms with van der Waals surface area (Å²) in [4.78, 5) is 4.52. The van der Waals surface area contributed by atoms with E-state index in [1.165, 1.54) is 5.69 Å².